The first kappa shape index (κ1) is 18.5. The van der Waals surface area contributed by atoms with E-state index < -0.39 is 0 Å². The fraction of sp³-hybridized carbons (Fsp3) is 0.421. The van der Waals surface area contributed by atoms with Gasteiger partial charge in [0.1, 0.15) is 0 Å². The highest BCUT2D eigenvalue weighted by molar-refractivity contribution is 7.10. The molecule has 3 rings (SSSR count). The molecular formula is C19H26N4O2S. The van der Waals surface area contributed by atoms with Crippen molar-refractivity contribution in [3.63, 3.8) is 0 Å². The summed E-state index contributed by atoms with van der Waals surface area (Å²) in [5.41, 5.74) is 8.33. The molecule has 1 aromatic heterocycles. The largest absolute Gasteiger partial charge is 0.493 e. The molecule has 0 spiro atoms. The topological polar surface area (TPSA) is 72.1 Å². The van der Waals surface area contributed by atoms with Gasteiger partial charge in [0.25, 0.3) is 0 Å². The minimum atomic E-state index is 0.341. The first-order valence-corrected chi connectivity index (χ1v) is 9.57. The number of methoxy groups -OCH3 is 2. The van der Waals surface area contributed by atoms with E-state index in [9.17, 15) is 0 Å². The van der Waals surface area contributed by atoms with E-state index in [2.05, 4.69) is 33.6 Å². The van der Waals surface area contributed by atoms with E-state index in [1.807, 2.05) is 29.5 Å². The summed E-state index contributed by atoms with van der Waals surface area (Å²) in [6.45, 7) is 4.93. The van der Waals surface area contributed by atoms with Crippen LogP contribution < -0.4 is 20.5 Å². The van der Waals surface area contributed by atoms with E-state index in [-0.39, 0.29) is 0 Å². The monoisotopic (exact) mass is 374 g/mol. The van der Waals surface area contributed by atoms with Crippen LogP contribution >= 0.6 is 11.3 Å². The molecule has 0 fully saturated rings. The summed E-state index contributed by atoms with van der Waals surface area (Å²) in [7, 11) is 3.22. The van der Waals surface area contributed by atoms with Gasteiger partial charge in [-0.05, 0) is 42.5 Å². The summed E-state index contributed by atoms with van der Waals surface area (Å²) in [5.74, 6) is 1.73. The molecule has 1 aliphatic rings. The van der Waals surface area contributed by atoms with Crippen molar-refractivity contribution in [1.82, 2.24) is 4.90 Å². The molecule has 0 amide bonds. The zero-order valence-corrected chi connectivity index (χ0v) is 16.3. The number of thiophene rings is 1. The normalized spacial score (nSPS) is 16.0. The molecule has 0 saturated carbocycles. The maximum absolute atomic E-state index is 6.06. The average molecular weight is 375 g/mol. The average Bonchev–Trinajstić information content (AvgIpc) is 3.13. The number of ether oxygens (including phenoxy) is 2. The smallest absolute Gasteiger partial charge is 0.193 e. The third kappa shape index (κ3) is 4.28. The summed E-state index contributed by atoms with van der Waals surface area (Å²) in [6.07, 6.45) is 1.13. The second-order valence-electron chi connectivity index (χ2n) is 6.36. The number of nitrogens with two attached hydrogens (primary N) is 1. The zero-order valence-electron chi connectivity index (χ0n) is 15.5. The van der Waals surface area contributed by atoms with E-state index in [1.54, 1.807) is 14.2 Å². The molecule has 26 heavy (non-hydrogen) atoms. The van der Waals surface area contributed by atoms with Gasteiger partial charge in [-0.15, -0.1) is 11.3 Å². The van der Waals surface area contributed by atoms with Crippen LogP contribution in [0.25, 0.3) is 0 Å². The van der Waals surface area contributed by atoms with Gasteiger partial charge < -0.3 is 20.5 Å². The fourth-order valence-corrected chi connectivity index (χ4v) is 3.98. The van der Waals surface area contributed by atoms with Gasteiger partial charge in [-0.2, -0.15) is 0 Å². The molecule has 1 aromatic carbocycles. The van der Waals surface area contributed by atoms with E-state index in [0.717, 1.165) is 25.2 Å². The van der Waals surface area contributed by atoms with Crippen LogP contribution in [-0.4, -0.2) is 44.2 Å². The van der Waals surface area contributed by atoms with E-state index in [4.69, 9.17) is 15.2 Å². The van der Waals surface area contributed by atoms with Crippen molar-refractivity contribution in [3.05, 3.63) is 40.1 Å². The Bertz CT molecular complexity index is 775. The van der Waals surface area contributed by atoms with Crippen molar-refractivity contribution in [1.29, 1.82) is 0 Å². The number of fused-ring (bicyclic) bond motifs is 1. The lowest BCUT2D eigenvalue weighted by Crippen LogP contribution is -2.39. The van der Waals surface area contributed by atoms with Crippen molar-refractivity contribution in [2.75, 3.05) is 32.6 Å². The first-order valence-electron chi connectivity index (χ1n) is 8.69. The summed E-state index contributed by atoms with van der Waals surface area (Å²) in [4.78, 5) is 8.49. The minimum Gasteiger partial charge on any atom is -0.493 e. The maximum Gasteiger partial charge on any atom is 0.193 e. The Kier molecular flexibility index (Phi) is 6.00. The SMILES string of the molecule is COc1ccc(NC(N)=NCC(C)N2CCc3sccc3C2)cc1OC. The number of nitrogens with one attached hydrogen (secondary N) is 1. The lowest BCUT2D eigenvalue weighted by molar-refractivity contribution is 0.197. The van der Waals surface area contributed by atoms with Gasteiger partial charge in [-0.1, -0.05) is 0 Å². The highest BCUT2D eigenvalue weighted by Gasteiger charge is 2.21. The number of rotatable bonds is 6. The van der Waals surface area contributed by atoms with E-state index >= 15 is 0 Å². The van der Waals surface area contributed by atoms with Crippen LogP contribution in [-0.2, 0) is 13.0 Å². The molecule has 1 unspecified atom stereocenters. The number of anilines is 1. The zero-order chi connectivity index (χ0) is 18.5. The molecule has 140 valence electrons. The highest BCUT2D eigenvalue weighted by atomic mass is 32.1. The summed E-state index contributed by atoms with van der Waals surface area (Å²) in [6, 6.07) is 8.13. The van der Waals surface area contributed by atoms with Gasteiger partial charge in [-0.25, -0.2) is 0 Å². The number of hydrogen-bond acceptors (Lipinski definition) is 5. The molecule has 1 aliphatic heterocycles. The van der Waals surface area contributed by atoms with Crippen LogP contribution in [0.2, 0.25) is 0 Å². The Labute approximate surface area is 158 Å². The lowest BCUT2D eigenvalue weighted by Gasteiger charge is -2.31. The Morgan fingerprint density at radius 3 is 2.88 bits per heavy atom. The minimum absolute atomic E-state index is 0.341. The molecule has 0 aliphatic carbocycles. The van der Waals surface area contributed by atoms with Gasteiger partial charge >= 0.3 is 0 Å². The summed E-state index contributed by atoms with van der Waals surface area (Å²) in [5, 5.41) is 5.30. The van der Waals surface area contributed by atoms with Crippen molar-refractivity contribution >= 4 is 23.0 Å². The van der Waals surface area contributed by atoms with Gasteiger partial charge in [0, 0.05) is 35.8 Å². The van der Waals surface area contributed by atoms with E-state index in [1.165, 1.54) is 10.4 Å². The Balaban J connectivity index is 1.57. The van der Waals surface area contributed by atoms with Crippen molar-refractivity contribution in [2.24, 2.45) is 10.7 Å². The maximum atomic E-state index is 6.06. The fourth-order valence-electron chi connectivity index (χ4n) is 3.09. The van der Waals surface area contributed by atoms with Crippen molar-refractivity contribution < 1.29 is 9.47 Å². The molecule has 6 nitrogen and oxygen atoms in total. The first-order chi connectivity index (χ1) is 12.6. The van der Waals surface area contributed by atoms with Crippen LogP contribution in [0.4, 0.5) is 5.69 Å². The van der Waals surface area contributed by atoms with Crippen LogP contribution in [0.5, 0.6) is 11.5 Å². The number of nitrogens with zero attached hydrogens (tertiary/aromatic N) is 2. The van der Waals surface area contributed by atoms with Crippen LogP contribution in [0.15, 0.2) is 34.6 Å². The molecule has 2 heterocycles. The predicted molar refractivity (Wildman–Crippen MR) is 108 cm³/mol. The van der Waals surface area contributed by atoms with Crippen LogP contribution in [0.3, 0.4) is 0 Å². The molecule has 0 saturated heterocycles. The summed E-state index contributed by atoms with van der Waals surface area (Å²) >= 11 is 1.86. The number of hydrogen-bond donors (Lipinski definition) is 2. The molecule has 2 aromatic rings. The molecule has 3 N–H and O–H groups in total. The number of aliphatic imine (C=N–C) groups is 1. The molecular weight excluding hydrogens is 348 g/mol. The van der Waals surface area contributed by atoms with Crippen LogP contribution in [0.1, 0.15) is 17.4 Å². The van der Waals surface area contributed by atoms with Crippen molar-refractivity contribution in [2.45, 2.75) is 25.9 Å². The van der Waals surface area contributed by atoms with E-state index in [0.29, 0.717) is 30.0 Å². The third-order valence-corrected chi connectivity index (χ3v) is 5.67. The van der Waals surface area contributed by atoms with Gasteiger partial charge in [-0.3, -0.25) is 9.89 Å². The Morgan fingerprint density at radius 2 is 2.12 bits per heavy atom. The molecule has 0 bridgehead atoms. The Hall–Kier alpha value is -2.25. The third-order valence-electron chi connectivity index (χ3n) is 4.64. The highest BCUT2D eigenvalue weighted by Crippen LogP contribution is 2.29. The standard InChI is InChI=1S/C19H26N4O2S/c1-13(23-8-6-18-14(12-23)7-9-26-18)11-21-19(20)22-15-4-5-16(24-2)17(10-15)25-3/h4-5,7,9-10,13H,6,8,11-12H2,1-3H3,(H3,20,21,22). The second-order valence-corrected chi connectivity index (χ2v) is 7.36. The molecule has 0 radical (unpaired) electrons. The van der Waals surface area contributed by atoms with Crippen molar-refractivity contribution in [3.8, 4) is 11.5 Å². The Morgan fingerprint density at radius 1 is 1.31 bits per heavy atom. The quantitative estimate of drug-likeness (QED) is 0.601. The number of guanidine groups is 1. The van der Waals surface area contributed by atoms with Crippen LogP contribution in [0, 0.1) is 0 Å². The number of benzene rings is 1. The second kappa shape index (κ2) is 8.42. The predicted octanol–water partition coefficient (Wildman–Crippen LogP) is 2.94. The molecule has 7 heteroatoms. The van der Waals surface area contributed by atoms with Gasteiger partial charge in [0.05, 0.1) is 20.8 Å². The molecule has 1 atom stereocenters. The van der Waals surface area contributed by atoms with Gasteiger partial charge in [0.15, 0.2) is 17.5 Å². The lowest BCUT2D eigenvalue weighted by atomic mass is 10.1. The van der Waals surface area contributed by atoms with Gasteiger partial charge in [0.2, 0.25) is 0 Å². The summed E-state index contributed by atoms with van der Waals surface area (Å²) < 4.78 is 10.5.